The molecule has 150 valence electrons. The second kappa shape index (κ2) is 8.01. The van der Waals surface area contributed by atoms with Gasteiger partial charge in [-0.1, -0.05) is 36.4 Å². The molecule has 1 saturated carbocycles. The predicted molar refractivity (Wildman–Crippen MR) is 116 cm³/mol. The minimum absolute atomic E-state index is 0. The van der Waals surface area contributed by atoms with Gasteiger partial charge in [-0.15, -0.1) is 12.4 Å². The molecule has 2 N–H and O–H groups in total. The van der Waals surface area contributed by atoms with Gasteiger partial charge in [-0.05, 0) is 48.9 Å². The Morgan fingerprint density at radius 1 is 1.00 bits per heavy atom. The van der Waals surface area contributed by atoms with Crippen LogP contribution < -0.4 is 5.73 Å². The highest BCUT2D eigenvalue weighted by Gasteiger charge is 2.42. The number of likely N-dealkylation sites (tertiary alicyclic amines) is 1. The van der Waals surface area contributed by atoms with Crippen LogP contribution in [0.4, 0.5) is 0 Å². The number of nitrogens with zero attached hydrogens (tertiary/aromatic N) is 3. The van der Waals surface area contributed by atoms with E-state index in [9.17, 15) is 4.79 Å². The zero-order valence-electron chi connectivity index (χ0n) is 16.1. The summed E-state index contributed by atoms with van der Waals surface area (Å²) in [6.45, 7) is 1.62. The van der Waals surface area contributed by atoms with Crippen LogP contribution in [0.5, 0.6) is 0 Å². The van der Waals surface area contributed by atoms with Crippen molar-refractivity contribution in [2.24, 2.45) is 17.6 Å². The van der Waals surface area contributed by atoms with Gasteiger partial charge in [0.05, 0.1) is 17.6 Å². The summed E-state index contributed by atoms with van der Waals surface area (Å²) < 4.78 is 1.89. The van der Waals surface area contributed by atoms with Gasteiger partial charge in [0.1, 0.15) is 0 Å². The first-order chi connectivity index (χ1) is 13.7. The number of benzene rings is 2. The van der Waals surface area contributed by atoms with Crippen molar-refractivity contribution in [3.63, 3.8) is 0 Å². The van der Waals surface area contributed by atoms with Crippen molar-refractivity contribution in [1.82, 2.24) is 14.7 Å². The molecule has 0 radical (unpaired) electrons. The standard InChI is InChI=1S/C23H24N4O.ClH/c24-21-10-9-18-14-26(15-20(18)21)23(28)17-7-4-8-19(13-17)27-22(11-12-25-27)16-5-2-1-3-6-16;/h1-8,11-13,18,20-21H,9-10,14-15,24H2;1H. The summed E-state index contributed by atoms with van der Waals surface area (Å²) in [4.78, 5) is 15.1. The average Bonchev–Trinajstić information content (AvgIpc) is 3.46. The number of nitrogens with two attached hydrogens (primary N) is 1. The fraction of sp³-hybridized carbons (Fsp3) is 0.304. The molecule has 2 fully saturated rings. The highest BCUT2D eigenvalue weighted by atomic mass is 35.5. The van der Waals surface area contributed by atoms with Gasteiger partial charge in [0.25, 0.3) is 5.91 Å². The molecule has 3 atom stereocenters. The number of carbonyl (C=O) groups is 1. The lowest BCUT2D eigenvalue weighted by molar-refractivity contribution is 0.0779. The molecule has 1 aliphatic carbocycles. The van der Waals surface area contributed by atoms with Crippen molar-refractivity contribution in [3.05, 3.63) is 72.4 Å². The maximum Gasteiger partial charge on any atom is 0.253 e. The Morgan fingerprint density at radius 2 is 1.83 bits per heavy atom. The number of aromatic nitrogens is 2. The third kappa shape index (κ3) is 3.56. The van der Waals surface area contributed by atoms with E-state index in [0.717, 1.165) is 42.9 Å². The third-order valence-corrected chi connectivity index (χ3v) is 6.25. The smallest absolute Gasteiger partial charge is 0.253 e. The molecule has 5 rings (SSSR count). The lowest BCUT2D eigenvalue weighted by Crippen LogP contribution is -2.33. The molecule has 1 aromatic heterocycles. The zero-order chi connectivity index (χ0) is 19.1. The van der Waals surface area contributed by atoms with E-state index in [1.807, 2.05) is 58.1 Å². The first-order valence-corrected chi connectivity index (χ1v) is 9.95. The lowest BCUT2D eigenvalue weighted by Gasteiger charge is -2.19. The highest BCUT2D eigenvalue weighted by Crippen LogP contribution is 2.37. The van der Waals surface area contributed by atoms with Crippen LogP contribution in [0, 0.1) is 11.8 Å². The van der Waals surface area contributed by atoms with Crippen molar-refractivity contribution in [2.45, 2.75) is 18.9 Å². The molecule has 2 aliphatic rings. The van der Waals surface area contributed by atoms with E-state index >= 15 is 0 Å². The van der Waals surface area contributed by atoms with E-state index in [2.05, 4.69) is 17.2 Å². The van der Waals surface area contributed by atoms with Crippen LogP contribution in [-0.2, 0) is 0 Å². The Morgan fingerprint density at radius 3 is 2.62 bits per heavy atom. The molecule has 3 unspecified atom stereocenters. The molecule has 3 aromatic rings. The normalized spacial score (nSPS) is 22.9. The van der Waals surface area contributed by atoms with Gasteiger partial charge < -0.3 is 10.6 Å². The van der Waals surface area contributed by atoms with Crippen LogP contribution in [-0.4, -0.2) is 39.7 Å². The molecule has 2 aromatic carbocycles. The Kier molecular flexibility index (Phi) is 5.43. The number of amides is 1. The molecule has 1 saturated heterocycles. The minimum Gasteiger partial charge on any atom is -0.338 e. The molecule has 6 heteroatoms. The number of rotatable bonds is 3. The molecule has 1 amide bonds. The predicted octanol–water partition coefficient (Wildman–Crippen LogP) is 3.77. The van der Waals surface area contributed by atoms with Gasteiger partial charge in [0.15, 0.2) is 0 Å². The van der Waals surface area contributed by atoms with E-state index < -0.39 is 0 Å². The molecule has 1 aliphatic heterocycles. The first kappa shape index (κ1) is 19.7. The maximum absolute atomic E-state index is 13.1. The van der Waals surface area contributed by atoms with Gasteiger partial charge in [-0.25, -0.2) is 4.68 Å². The number of carbonyl (C=O) groups excluding carboxylic acids is 1. The molecule has 0 spiro atoms. The van der Waals surface area contributed by atoms with Gasteiger partial charge in [-0.3, -0.25) is 4.79 Å². The molecular formula is C23H25ClN4O. The van der Waals surface area contributed by atoms with Crippen molar-refractivity contribution in [1.29, 1.82) is 0 Å². The second-order valence-corrected chi connectivity index (χ2v) is 7.92. The van der Waals surface area contributed by atoms with Gasteiger partial charge >= 0.3 is 0 Å². The van der Waals surface area contributed by atoms with Crippen molar-refractivity contribution in [3.8, 4) is 16.9 Å². The molecule has 2 heterocycles. The zero-order valence-corrected chi connectivity index (χ0v) is 17.0. The van der Waals surface area contributed by atoms with E-state index in [0.29, 0.717) is 17.4 Å². The van der Waals surface area contributed by atoms with Crippen LogP contribution in [0.25, 0.3) is 16.9 Å². The summed E-state index contributed by atoms with van der Waals surface area (Å²) in [5.74, 6) is 1.12. The molecular weight excluding hydrogens is 384 g/mol. The molecule has 5 nitrogen and oxygen atoms in total. The van der Waals surface area contributed by atoms with Crippen LogP contribution in [0.1, 0.15) is 23.2 Å². The number of fused-ring (bicyclic) bond motifs is 1. The number of halogens is 1. The topological polar surface area (TPSA) is 64.2 Å². The average molecular weight is 409 g/mol. The lowest BCUT2D eigenvalue weighted by atomic mass is 9.98. The van der Waals surface area contributed by atoms with Crippen molar-refractivity contribution >= 4 is 18.3 Å². The van der Waals surface area contributed by atoms with Crippen molar-refractivity contribution < 1.29 is 4.79 Å². The van der Waals surface area contributed by atoms with Crippen molar-refractivity contribution in [2.75, 3.05) is 13.1 Å². The summed E-state index contributed by atoms with van der Waals surface area (Å²) in [5.41, 5.74) is 9.94. The summed E-state index contributed by atoms with van der Waals surface area (Å²) in [6.07, 6.45) is 4.03. The van der Waals surface area contributed by atoms with E-state index in [-0.39, 0.29) is 24.4 Å². The Labute approximate surface area is 176 Å². The summed E-state index contributed by atoms with van der Waals surface area (Å²) in [6, 6.07) is 20.2. The summed E-state index contributed by atoms with van der Waals surface area (Å²) in [7, 11) is 0. The number of hydrogen-bond donors (Lipinski definition) is 1. The molecule has 29 heavy (non-hydrogen) atoms. The summed E-state index contributed by atoms with van der Waals surface area (Å²) in [5, 5.41) is 4.49. The minimum atomic E-state index is 0. The third-order valence-electron chi connectivity index (χ3n) is 6.25. The van der Waals surface area contributed by atoms with E-state index in [1.54, 1.807) is 6.20 Å². The van der Waals surface area contributed by atoms with Gasteiger partial charge in [0, 0.05) is 30.3 Å². The highest BCUT2D eigenvalue weighted by molar-refractivity contribution is 5.95. The van der Waals surface area contributed by atoms with Gasteiger partial charge in [0.2, 0.25) is 0 Å². The fourth-order valence-electron chi connectivity index (χ4n) is 4.76. The Hall–Kier alpha value is -2.63. The van der Waals surface area contributed by atoms with Gasteiger partial charge in [-0.2, -0.15) is 5.10 Å². The second-order valence-electron chi connectivity index (χ2n) is 7.92. The van der Waals surface area contributed by atoms with Crippen LogP contribution in [0.2, 0.25) is 0 Å². The van der Waals surface area contributed by atoms with Crippen LogP contribution >= 0.6 is 12.4 Å². The largest absolute Gasteiger partial charge is 0.338 e. The quantitative estimate of drug-likeness (QED) is 0.717. The maximum atomic E-state index is 13.1. The SMILES string of the molecule is Cl.NC1CCC2CN(C(=O)c3cccc(-n4nccc4-c4ccccc4)c3)CC12. The monoisotopic (exact) mass is 408 g/mol. The van der Waals surface area contributed by atoms with E-state index in [1.165, 1.54) is 0 Å². The Balaban J connectivity index is 0.00000205. The van der Waals surface area contributed by atoms with E-state index in [4.69, 9.17) is 5.73 Å². The summed E-state index contributed by atoms with van der Waals surface area (Å²) >= 11 is 0. The van der Waals surface area contributed by atoms with Crippen LogP contribution in [0.15, 0.2) is 66.9 Å². The van der Waals surface area contributed by atoms with Crippen LogP contribution in [0.3, 0.4) is 0 Å². The first-order valence-electron chi connectivity index (χ1n) is 9.95. The fourth-order valence-corrected chi connectivity index (χ4v) is 4.76. The Bertz CT molecular complexity index is 1000. The number of hydrogen-bond acceptors (Lipinski definition) is 3. The molecule has 0 bridgehead atoms.